The predicted molar refractivity (Wildman–Crippen MR) is 149 cm³/mol. The summed E-state index contributed by atoms with van der Waals surface area (Å²) in [5, 5.41) is 16.0. The molecule has 1 amide bonds. The third-order valence-corrected chi connectivity index (χ3v) is 7.32. The highest BCUT2D eigenvalue weighted by Crippen LogP contribution is 2.35. The molecule has 0 spiro atoms. The summed E-state index contributed by atoms with van der Waals surface area (Å²) in [5.41, 5.74) is 3.72. The van der Waals surface area contributed by atoms with Gasteiger partial charge in [0.1, 0.15) is 0 Å². The van der Waals surface area contributed by atoms with E-state index in [0.717, 1.165) is 26.6 Å². The highest BCUT2D eigenvalue weighted by atomic mass is 79.9. The van der Waals surface area contributed by atoms with Crippen molar-refractivity contribution in [3.63, 3.8) is 0 Å². The van der Waals surface area contributed by atoms with Crippen LogP contribution in [0.1, 0.15) is 31.2 Å². The maximum atomic E-state index is 13.6. The van der Waals surface area contributed by atoms with Gasteiger partial charge in [-0.25, -0.2) is 5.01 Å². The number of hydrogen-bond acceptors (Lipinski definition) is 5. The summed E-state index contributed by atoms with van der Waals surface area (Å²) < 4.78 is 6.27. The van der Waals surface area contributed by atoms with E-state index in [4.69, 9.17) is 9.84 Å². The topological polar surface area (TPSA) is 112 Å². The van der Waals surface area contributed by atoms with Gasteiger partial charge in [0.15, 0.2) is 0 Å². The fraction of sp³-hybridized carbons (Fsp3) is 0.241. The molecule has 0 bridgehead atoms. The van der Waals surface area contributed by atoms with Gasteiger partial charge in [0.05, 0.1) is 29.8 Å². The Hall–Kier alpha value is -3.82. The lowest BCUT2D eigenvalue weighted by atomic mass is 9.89. The molecule has 1 aromatic heterocycles. The van der Waals surface area contributed by atoms with Crippen LogP contribution in [0, 0.1) is 0 Å². The fourth-order valence-electron chi connectivity index (χ4n) is 4.96. The van der Waals surface area contributed by atoms with Gasteiger partial charge in [-0.1, -0.05) is 64.5 Å². The first-order valence-electron chi connectivity index (χ1n) is 12.3. The Bertz CT molecular complexity index is 1560. The number of H-pyrrole nitrogens is 1. The molecule has 2 N–H and O–H groups in total. The summed E-state index contributed by atoms with van der Waals surface area (Å²) in [6.07, 6.45) is 6.28. The average Bonchev–Trinajstić information content (AvgIpc) is 3.37. The molecule has 0 fully saturated rings. The van der Waals surface area contributed by atoms with Crippen molar-refractivity contribution in [1.82, 2.24) is 9.99 Å². The van der Waals surface area contributed by atoms with Crippen molar-refractivity contribution in [3.05, 3.63) is 92.7 Å². The molecule has 2 heterocycles. The number of hydrogen-bond donors (Lipinski definition) is 2. The molecule has 9 heteroatoms. The highest BCUT2D eigenvalue weighted by molar-refractivity contribution is 9.10. The number of nitrogens with one attached hydrogen (secondary N) is 1. The number of pyridine rings is 1. The van der Waals surface area contributed by atoms with Crippen LogP contribution < -0.4 is 5.56 Å². The second-order valence-corrected chi connectivity index (χ2v) is 10.1. The Labute approximate surface area is 227 Å². The van der Waals surface area contributed by atoms with Crippen LogP contribution in [0.5, 0.6) is 0 Å². The Morgan fingerprint density at radius 2 is 1.95 bits per heavy atom. The molecule has 0 saturated carbocycles. The number of benzene rings is 2. The number of halogens is 1. The Kier molecular flexibility index (Phi) is 7.40. The minimum Gasteiger partial charge on any atom is -0.481 e. The number of aromatic amines is 1. The highest BCUT2D eigenvalue weighted by Gasteiger charge is 2.36. The third-order valence-electron chi connectivity index (χ3n) is 6.82. The molecule has 2 unspecified atom stereocenters. The van der Waals surface area contributed by atoms with Crippen molar-refractivity contribution in [1.29, 1.82) is 0 Å². The number of nitrogens with zero attached hydrogens (tertiary/aromatic N) is 2. The number of carbonyl (C=O) groups is 2. The molecule has 5 rings (SSSR count). The van der Waals surface area contributed by atoms with Crippen LogP contribution in [0.3, 0.4) is 0 Å². The number of amides is 1. The molecule has 2 aliphatic rings. The zero-order valence-electron chi connectivity index (χ0n) is 20.7. The number of hydrazone groups is 1. The Morgan fingerprint density at radius 3 is 2.63 bits per heavy atom. The summed E-state index contributed by atoms with van der Waals surface area (Å²) in [7, 11) is 1.64. The van der Waals surface area contributed by atoms with Crippen molar-refractivity contribution in [2.75, 3.05) is 7.11 Å². The summed E-state index contributed by atoms with van der Waals surface area (Å²) in [4.78, 5) is 40.9. The number of carbonyl (C=O) groups excluding carboxylic acids is 1. The molecule has 1 aliphatic carbocycles. The molecule has 2 aromatic carbocycles. The average molecular weight is 576 g/mol. The SMILES string of the molecule is COC1C=CC(C2CC(c3c(-c4ccccc4)c4cc(Br)ccc4[nH]c3=O)=NN2C(=O)CCC(=O)O)=CC1. The first kappa shape index (κ1) is 25.8. The normalized spacial score (nSPS) is 18.9. The van der Waals surface area contributed by atoms with Crippen LogP contribution in [0.15, 0.2) is 86.7 Å². The minimum absolute atomic E-state index is 0.0526. The molecular formula is C29H26BrN3O5. The number of carboxylic acid groups (broad SMARTS) is 1. The second-order valence-electron chi connectivity index (χ2n) is 9.23. The van der Waals surface area contributed by atoms with Gasteiger partial charge in [-0.05, 0) is 35.8 Å². The number of carboxylic acids is 1. The van der Waals surface area contributed by atoms with Crippen LogP contribution in [0.25, 0.3) is 22.0 Å². The van der Waals surface area contributed by atoms with E-state index < -0.39 is 17.9 Å². The van der Waals surface area contributed by atoms with E-state index in [1.54, 1.807) is 7.11 Å². The number of rotatable bonds is 7. The monoisotopic (exact) mass is 575 g/mol. The van der Waals surface area contributed by atoms with Crippen molar-refractivity contribution in [2.24, 2.45) is 5.10 Å². The maximum absolute atomic E-state index is 13.6. The molecule has 3 aromatic rings. The quantitative estimate of drug-likeness (QED) is 0.410. The zero-order valence-corrected chi connectivity index (χ0v) is 22.3. The number of aromatic nitrogens is 1. The second kappa shape index (κ2) is 10.9. The summed E-state index contributed by atoms with van der Waals surface area (Å²) >= 11 is 3.55. The molecule has 8 nitrogen and oxygen atoms in total. The van der Waals surface area contributed by atoms with E-state index in [1.165, 1.54) is 5.01 Å². The van der Waals surface area contributed by atoms with E-state index in [2.05, 4.69) is 26.0 Å². The summed E-state index contributed by atoms with van der Waals surface area (Å²) in [6.45, 7) is 0. The third kappa shape index (κ3) is 5.12. The van der Waals surface area contributed by atoms with Crippen molar-refractivity contribution in [3.8, 4) is 11.1 Å². The first-order valence-corrected chi connectivity index (χ1v) is 13.1. The fourth-order valence-corrected chi connectivity index (χ4v) is 5.32. The van der Waals surface area contributed by atoms with E-state index in [1.807, 2.05) is 66.8 Å². The number of aliphatic carboxylic acids is 1. The van der Waals surface area contributed by atoms with Crippen LogP contribution in [-0.2, 0) is 14.3 Å². The minimum atomic E-state index is -1.05. The van der Waals surface area contributed by atoms with Gasteiger partial charge in [0, 0.05) is 40.9 Å². The standard InChI is InChI=1S/C29H26BrN3O5/c1-38-20-10-7-17(8-11-20)24-16-23(32-33(24)25(34)13-14-26(35)36)28-27(18-5-3-2-4-6-18)21-15-19(30)9-12-22(21)31-29(28)37/h2-10,12,15,20,24H,11,13-14,16H2,1H3,(H,31,37)(H,35,36). The molecule has 38 heavy (non-hydrogen) atoms. The van der Waals surface area contributed by atoms with Crippen molar-refractivity contribution in [2.45, 2.75) is 37.8 Å². The molecular weight excluding hydrogens is 550 g/mol. The van der Waals surface area contributed by atoms with Crippen molar-refractivity contribution >= 4 is 44.4 Å². The lowest BCUT2D eigenvalue weighted by Crippen LogP contribution is -2.34. The zero-order chi connectivity index (χ0) is 26.8. The molecule has 0 saturated heterocycles. The largest absolute Gasteiger partial charge is 0.481 e. The first-order chi connectivity index (χ1) is 18.4. The molecule has 2 atom stereocenters. The number of methoxy groups -OCH3 is 1. The van der Waals surface area contributed by atoms with Gasteiger partial charge < -0.3 is 14.8 Å². The van der Waals surface area contributed by atoms with Crippen LogP contribution in [0.2, 0.25) is 0 Å². The van der Waals surface area contributed by atoms with Gasteiger partial charge in [0.2, 0.25) is 5.91 Å². The van der Waals surface area contributed by atoms with Crippen LogP contribution in [-0.4, -0.2) is 51.9 Å². The Morgan fingerprint density at radius 1 is 1.16 bits per heavy atom. The maximum Gasteiger partial charge on any atom is 0.303 e. The summed E-state index contributed by atoms with van der Waals surface area (Å²) in [5.74, 6) is -1.46. The Balaban J connectivity index is 1.65. The molecule has 1 aliphatic heterocycles. The van der Waals surface area contributed by atoms with E-state index >= 15 is 0 Å². The molecule has 194 valence electrons. The van der Waals surface area contributed by atoms with E-state index in [9.17, 15) is 14.4 Å². The van der Waals surface area contributed by atoms with Crippen LogP contribution in [0.4, 0.5) is 0 Å². The van der Waals surface area contributed by atoms with E-state index in [0.29, 0.717) is 29.6 Å². The smallest absolute Gasteiger partial charge is 0.303 e. The van der Waals surface area contributed by atoms with Gasteiger partial charge in [-0.2, -0.15) is 5.10 Å². The number of fused-ring (bicyclic) bond motifs is 1. The summed E-state index contributed by atoms with van der Waals surface area (Å²) in [6, 6.07) is 14.8. The lowest BCUT2D eigenvalue weighted by Gasteiger charge is -2.25. The van der Waals surface area contributed by atoms with Gasteiger partial charge >= 0.3 is 5.97 Å². The lowest BCUT2D eigenvalue weighted by molar-refractivity contribution is -0.141. The molecule has 0 radical (unpaired) electrons. The number of ether oxygens (including phenoxy) is 1. The van der Waals surface area contributed by atoms with Gasteiger partial charge in [0.25, 0.3) is 5.56 Å². The van der Waals surface area contributed by atoms with Gasteiger partial charge in [-0.3, -0.25) is 14.4 Å². The van der Waals surface area contributed by atoms with Crippen LogP contribution >= 0.6 is 15.9 Å². The predicted octanol–water partition coefficient (Wildman–Crippen LogP) is 5.03. The van der Waals surface area contributed by atoms with Gasteiger partial charge in [-0.15, -0.1) is 0 Å². The van der Waals surface area contributed by atoms with Crippen molar-refractivity contribution < 1.29 is 19.4 Å². The van der Waals surface area contributed by atoms with E-state index in [-0.39, 0.29) is 24.5 Å².